The van der Waals surface area contributed by atoms with Crippen LogP contribution < -0.4 is 10.6 Å². The van der Waals surface area contributed by atoms with E-state index in [4.69, 9.17) is 6.42 Å². The predicted octanol–water partition coefficient (Wildman–Crippen LogP) is 2.99. The first-order valence-electron chi connectivity index (χ1n) is 8.20. The Kier molecular flexibility index (Phi) is 6.36. The third kappa shape index (κ3) is 5.50. The molecule has 1 unspecified atom stereocenters. The van der Waals surface area contributed by atoms with Gasteiger partial charge in [-0.25, -0.2) is 0 Å². The van der Waals surface area contributed by atoms with Gasteiger partial charge in [-0.15, -0.1) is 6.42 Å². The quantitative estimate of drug-likeness (QED) is 0.798. The van der Waals surface area contributed by atoms with Gasteiger partial charge in [0.1, 0.15) is 6.04 Å². The van der Waals surface area contributed by atoms with Crippen molar-refractivity contribution >= 4 is 17.5 Å². The highest BCUT2D eigenvalue weighted by Crippen LogP contribution is 2.12. The van der Waals surface area contributed by atoms with Crippen LogP contribution in [0, 0.1) is 18.3 Å². The molecule has 0 radical (unpaired) electrons. The number of amides is 2. The molecule has 2 aromatic rings. The van der Waals surface area contributed by atoms with Crippen LogP contribution in [0.25, 0.3) is 0 Å². The van der Waals surface area contributed by atoms with E-state index in [1.165, 1.54) is 0 Å². The standard InChI is InChI=1S/C21H22N2O2/c1-4-16-11-8-12-18(13-16)22-21(25)20(15(2)3)23-19(24)14-17-9-6-5-7-10-17/h1,5-13,15,20H,14H2,2-3H3,(H,22,25)(H,23,24). The summed E-state index contributed by atoms with van der Waals surface area (Å²) in [6.45, 7) is 3.79. The molecule has 4 heteroatoms. The van der Waals surface area contributed by atoms with E-state index in [1.54, 1.807) is 24.3 Å². The zero-order valence-corrected chi connectivity index (χ0v) is 14.5. The Hall–Kier alpha value is -3.06. The largest absolute Gasteiger partial charge is 0.344 e. The molecule has 4 nitrogen and oxygen atoms in total. The van der Waals surface area contributed by atoms with E-state index in [2.05, 4.69) is 16.6 Å². The van der Waals surface area contributed by atoms with E-state index in [0.29, 0.717) is 11.3 Å². The van der Waals surface area contributed by atoms with Crippen LogP contribution in [0.5, 0.6) is 0 Å². The average molecular weight is 334 g/mol. The Morgan fingerprint density at radius 3 is 2.44 bits per heavy atom. The molecular formula is C21H22N2O2. The van der Waals surface area contributed by atoms with Gasteiger partial charge in [0, 0.05) is 11.3 Å². The van der Waals surface area contributed by atoms with Gasteiger partial charge in [0.2, 0.25) is 11.8 Å². The summed E-state index contributed by atoms with van der Waals surface area (Å²) in [5.74, 6) is 2.04. The lowest BCUT2D eigenvalue weighted by atomic mass is 10.0. The molecular weight excluding hydrogens is 312 g/mol. The summed E-state index contributed by atoms with van der Waals surface area (Å²) < 4.78 is 0. The Bertz CT molecular complexity index is 776. The Balaban J connectivity index is 2.02. The van der Waals surface area contributed by atoms with Crippen molar-refractivity contribution in [1.29, 1.82) is 0 Å². The van der Waals surface area contributed by atoms with E-state index < -0.39 is 6.04 Å². The minimum atomic E-state index is -0.620. The Morgan fingerprint density at radius 1 is 1.08 bits per heavy atom. The van der Waals surface area contributed by atoms with Crippen molar-refractivity contribution in [3.05, 3.63) is 65.7 Å². The van der Waals surface area contributed by atoms with Crippen LogP contribution in [0.4, 0.5) is 5.69 Å². The number of rotatable bonds is 6. The Morgan fingerprint density at radius 2 is 1.80 bits per heavy atom. The summed E-state index contributed by atoms with van der Waals surface area (Å²) in [5.41, 5.74) is 2.21. The molecule has 128 valence electrons. The molecule has 0 fully saturated rings. The van der Waals surface area contributed by atoms with Gasteiger partial charge in [-0.3, -0.25) is 9.59 Å². The fourth-order valence-electron chi connectivity index (χ4n) is 2.45. The van der Waals surface area contributed by atoms with Crippen molar-refractivity contribution in [1.82, 2.24) is 5.32 Å². The molecule has 0 saturated heterocycles. The summed E-state index contributed by atoms with van der Waals surface area (Å²) in [5, 5.41) is 5.64. The smallest absolute Gasteiger partial charge is 0.247 e. The lowest BCUT2D eigenvalue weighted by Crippen LogP contribution is -2.47. The minimum Gasteiger partial charge on any atom is -0.344 e. The summed E-state index contributed by atoms with van der Waals surface area (Å²) in [6, 6.07) is 15.9. The zero-order chi connectivity index (χ0) is 18.2. The lowest BCUT2D eigenvalue weighted by molar-refractivity contribution is -0.127. The third-order valence-electron chi connectivity index (χ3n) is 3.77. The molecule has 1 atom stereocenters. The number of carbonyl (C=O) groups is 2. The summed E-state index contributed by atoms with van der Waals surface area (Å²) in [7, 11) is 0. The Labute approximate surface area is 148 Å². The monoisotopic (exact) mass is 334 g/mol. The van der Waals surface area contributed by atoms with Crippen LogP contribution in [0.1, 0.15) is 25.0 Å². The molecule has 0 saturated carbocycles. The van der Waals surface area contributed by atoms with Gasteiger partial charge in [0.05, 0.1) is 6.42 Å². The van der Waals surface area contributed by atoms with Gasteiger partial charge in [0.25, 0.3) is 0 Å². The van der Waals surface area contributed by atoms with Crippen molar-refractivity contribution in [2.24, 2.45) is 5.92 Å². The highest BCUT2D eigenvalue weighted by Gasteiger charge is 2.24. The van der Waals surface area contributed by atoms with Crippen LogP contribution in [-0.4, -0.2) is 17.9 Å². The second-order valence-electron chi connectivity index (χ2n) is 6.17. The summed E-state index contributed by atoms with van der Waals surface area (Å²) in [6.07, 6.45) is 5.62. The van der Waals surface area contributed by atoms with Crippen LogP contribution in [0.15, 0.2) is 54.6 Å². The van der Waals surface area contributed by atoms with Crippen LogP contribution >= 0.6 is 0 Å². The molecule has 0 aliphatic carbocycles. The molecule has 2 rings (SSSR count). The number of hydrogen-bond donors (Lipinski definition) is 2. The molecule has 2 N–H and O–H groups in total. The first-order chi connectivity index (χ1) is 12.0. The predicted molar refractivity (Wildman–Crippen MR) is 99.9 cm³/mol. The fraction of sp³-hybridized carbons (Fsp3) is 0.238. The normalized spacial score (nSPS) is 11.4. The van der Waals surface area contributed by atoms with Crippen molar-refractivity contribution in [2.75, 3.05) is 5.32 Å². The number of carbonyl (C=O) groups excluding carboxylic acids is 2. The van der Waals surface area contributed by atoms with Crippen LogP contribution in [0.3, 0.4) is 0 Å². The van der Waals surface area contributed by atoms with Gasteiger partial charge >= 0.3 is 0 Å². The molecule has 2 amide bonds. The number of nitrogens with one attached hydrogen (secondary N) is 2. The van der Waals surface area contributed by atoms with Crippen molar-refractivity contribution in [2.45, 2.75) is 26.3 Å². The third-order valence-corrected chi connectivity index (χ3v) is 3.77. The average Bonchev–Trinajstić information content (AvgIpc) is 2.60. The van der Waals surface area contributed by atoms with Gasteiger partial charge in [-0.1, -0.05) is 56.2 Å². The molecule has 0 aliphatic heterocycles. The number of benzene rings is 2. The SMILES string of the molecule is C#Cc1cccc(NC(=O)C(NC(=O)Cc2ccccc2)C(C)C)c1. The molecule has 0 bridgehead atoms. The van der Waals surface area contributed by atoms with Crippen molar-refractivity contribution in [3.8, 4) is 12.3 Å². The number of anilines is 1. The summed E-state index contributed by atoms with van der Waals surface area (Å²) >= 11 is 0. The zero-order valence-electron chi connectivity index (χ0n) is 14.5. The number of terminal acetylenes is 1. The van der Waals surface area contributed by atoms with E-state index in [-0.39, 0.29) is 24.2 Å². The highest BCUT2D eigenvalue weighted by atomic mass is 16.2. The van der Waals surface area contributed by atoms with Gasteiger partial charge in [0.15, 0.2) is 0 Å². The maximum absolute atomic E-state index is 12.6. The lowest BCUT2D eigenvalue weighted by Gasteiger charge is -2.22. The maximum atomic E-state index is 12.6. The van der Waals surface area contributed by atoms with E-state index in [9.17, 15) is 9.59 Å². The molecule has 2 aromatic carbocycles. The first kappa shape index (κ1) is 18.3. The molecule has 0 aromatic heterocycles. The van der Waals surface area contributed by atoms with E-state index >= 15 is 0 Å². The fourth-order valence-corrected chi connectivity index (χ4v) is 2.45. The maximum Gasteiger partial charge on any atom is 0.247 e. The second kappa shape index (κ2) is 8.70. The van der Waals surface area contributed by atoms with Gasteiger partial charge in [-0.05, 0) is 29.7 Å². The highest BCUT2D eigenvalue weighted by molar-refractivity contribution is 5.97. The van der Waals surface area contributed by atoms with Crippen molar-refractivity contribution in [3.63, 3.8) is 0 Å². The molecule has 25 heavy (non-hydrogen) atoms. The van der Waals surface area contributed by atoms with Gasteiger partial charge in [-0.2, -0.15) is 0 Å². The molecule has 0 aliphatic rings. The second-order valence-corrected chi connectivity index (χ2v) is 6.17. The number of hydrogen-bond acceptors (Lipinski definition) is 2. The molecule has 0 heterocycles. The molecule has 0 spiro atoms. The minimum absolute atomic E-state index is 0.0458. The van der Waals surface area contributed by atoms with Crippen LogP contribution in [0.2, 0.25) is 0 Å². The van der Waals surface area contributed by atoms with Crippen LogP contribution in [-0.2, 0) is 16.0 Å². The first-order valence-corrected chi connectivity index (χ1v) is 8.20. The van der Waals surface area contributed by atoms with Crippen molar-refractivity contribution < 1.29 is 9.59 Å². The van der Waals surface area contributed by atoms with Gasteiger partial charge < -0.3 is 10.6 Å². The topological polar surface area (TPSA) is 58.2 Å². The summed E-state index contributed by atoms with van der Waals surface area (Å²) in [4.78, 5) is 24.8. The van der Waals surface area contributed by atoms with E-state index in [1.807, 2.05) is 44.2 Å². The van der Waals surface area contributed by atoms with E-state index in [0.717, 1.165) is 5.56 Å².